The molecule has 1 aromatic rings. The number of nitrogens with zero attached hydrogens (tertiary/aromatic N) is 3. The smallest absolute Gasteiger partial charge is 0.305 e. The molecule has 7 nitrogen and oxygen atoms in total. The average Bonchev–Trinajstić information content (AvgIpc) is 2.77. The molecule has 0 aliphatic carbocycles. The third-order valence-electron chi connectivity index (χ3n) is 3.89. The zero-order valence-corrected chi connectivity index (χ0v) is 13.3. The van der Waals surface area contributed by atoms with Gasteiger partial charge in [-0.15, -0.1) is 0 Å². The lowest BCUT2D eigenvalue weighted by Gasteiger charge is -2.35. The maximum Gasteiger partial charge on any atom is 0.305 e. The van der Waals surface area contributed by atoms with Gasteiger partial charge < -0.3 is 14.7 Å². The zero-order chi connectivity index (χ0) is 16.3. The van der Waals surface area contributed by atoms with E-state index in [-0.39, 0.29) is 31.0 Å². The number of rotatable bonds is 5. The number of hydrogen-bond donors (Lipinski definition) is 1. The van der Waals surface area contributed by atoms with E-state index < -0.39 is 5.97 Å². The third kappa shape index (κ3) is 3.85. The first-order valence-electron chi connectivity index (χ1n) is 7.50. The molecule has 1 fully saturated rings. The summed E-state index contributed by atoms with van der Waals surface area (Å²) >= 11 is 0. The molecular formula is C15H23N3O4. The predicted octanol–water partition coefficient (Wildman–Crippen LogP) is 1.15. The summed E-state index contributed by atoms with van der Waals surface area (Å²) in [4.78, 5) is 25.1. The van der Waals surface area contributed by atoms with Crippen molar-refractivity contribution in [1.29, 1.82) is 0 Å². The first-order valence-corrected chi connectivity index (χ1v) is 7.50. The van der Waals surface area contributed by atoms with E-state index in [1.165, 1.54) is 0 Å². The molecule has 1 aliphatic rings. The van der Waals surface area contributed by atoms with Crippen molar-refractivity contribution in [2.75, 3.05) is 19.8 Å². The van der Waals surface area contributed by atoms with Crippen LogP contribution >= 0.6 is 0 Å². The number of morpholine rings is 1. The van der Waals surface area contributed by atoms with Crippen LogP contribution < -0.4 is 0 Å². The molecule has 22 heavy (non-hydrogen) atoms. The van der Waals surface area contributed by atoms with E-state index in [0.29, 0.717) is 19.6 Å². The first kappa shape index (κ1) is 16.5. The summed E-state index contributed by atoms with van der Waals surface area (Å²) < 4.78 is 7.15. The number of carbonyl (C=O) groups excluding carboxylic acids is 1. The number of aromatic nitrogens is 2. The van der Waals surface area contributed by atoms with Gasteiger partial charge in [0.15, 0.2) is 0 Å². The number of carboxylic acids is 1. The normalized spacial score (nSPS) is 20.0. The van der Waals surface area contributed by atoms with E-state index in [4.69, 9.17) is 9.84 Å². The molecule has 2 atom stereocenters. The van der Waals surface area contributed by atoms with E-state index in [2.05, 4.69) is 5.10 Å². The maximum absolute atomic E-state index is 12.5. The molecule has 0 radical (unpaired) electrons. The van der Waals surface area contributed by atoms with Crippen molar-refractivity contribution in [2.45, 2.75) is 45.7 Å². The van der Waals surface area contributed by atoms with Crippen molar-refractivity contribution in [1.82, 2.24) is 14.7 Å². The minimum absolute atomic E-state index is 0.0467. The molecule has 122 valence electrons. The summed E-state index contributed by atoms with van der Waals surface area (Å²) in [5, 5.41) is 13.4. The van der Waals surface area contributed by atoms with Crippen LogP contribution in [0.1, 0.15) is 37.2 Å². The van der Waals surface area contributed by atoms with Crippen molar-refractivity contribution in [3.8, 4) is 0 Å². The van der Waals surface area contributed by atoms with Gasteiger partial charge in [0, 0.05) is 18.7 Å². The topological polar surface area (TPSA) is 84.7 Å². The van der Waals surface area contributed by atoms with Gasteiger partial charge in [0.1, 0.15) is 0 Å². The molecule has 1 amide bonds. The van der Waals surface area contributed by atoms with Crippen LogP contribution in [0.2, 0.25) is 0 Å². The largest absolute Gasteiger partial charge is 0.481 e. The number of carboxylic acid groups (broad SMARTS) is 1. The van der Waals surface area contributed by atoms with E-state index in [0.717, 1.165) is 11.4 Å². The number of carbonyl (C=O) groups is 2. The van der Waals surface area contributed by atoms with Gasteiger partial charge in [-0.2, -0.15) is 5.10 Å². The highest BCUT2D eigenvalue weighted by Crippen LogP contribution is 2.19. The highest BCUT2D eigenvalue weighted by atomic mass is 16.5. The monoisotopic (exact) mass is 309 g/mol. The Morgan fingerprint density at radius 2 is 2.23 bits per heavy atom. The Kier molecular flexibility index (Phi) is 5.18. The van der Waals surface area contributed by atoms with E-state index in [1.807, 2.05) is 31.5 Å². The summed E-state index contributed by atoms with van der Waals surface area (Å²) in [6, 6.07) is 1.53. The molecule has 0 aromatic carbocycles. The van der Waals surface area contributed by atoms with Crippen LogP contribution in [0.4, 0.5) is 0 Å². The second-order valence-electron chi connectivity index (χ2n) is 5.84. The fraction of sp³-hybridized carbons (Fsp3) is 0.667. The summed E-state index contributed by atoms with van der Waals surface area (Å²) in [7, 11) is 0. The Balaban J connectivity index is 2.03. The fourth-order valence-electron chi connectivity index (χ4n) is 2.90. The van der Waals surface area contributed by atoms with Crippen LogP contribution in [0.5, 0.6) is 0 Å². The number of ether oxygens (including phenoxy) is 1. The van der Waals surface area contributed by atoms with Gasteiger partial charge in [-0.1, -0.05) is 0 Å². The minimum atomic E-state index is -0.917. The summed E-state index contributed by atoms with van der Waals surface area (Å²) in [6.07, 6.45) is 0.220. The van der Waals surface area contributed by atoms with Gasteiger partial charge in [-0.25, -0.2) is 0 Å². The molecule has 1 aliphatic heterocycles. The van der Waals surface area contributed by atoms with Crippen LogP contribution in [-0.2, 0) is 14.3 Å². The second-order valence-corrected chi connectivity index (χ2v) is 5.84. The Hall–Kier alpha value is -1.89. The molecule has 0 spiro atoms. The Bertz CT molecular complexity index is 555. The molecule has 7 heteroatoms. The molecule has 0 bridgehead atoms. The number of amides is 1. The summed E-state index contributed by atoms with van der Waals surface area (Å²) in [5.74, 6) is -0.963. The molecule has 0 saturated carbocycles. The van der Waals surface area contributed by atoms with E-state index in [1.54, 1.807) is 4.90 Å². The van der Waals surface area contributed by atoms with Gasteiger partial charge in [0.2, 0.25) is 5.91 Å². The lowest BCUT2D eigenvalue weighted by molar-refractivity contribution is -0.146. The Morgan fingerprint density at radius 3 is 2.82 bits per heavy atom. The molecule has 2 heterocycles. The number of aliphatic carboxylic acids is 1. The van der Waals surface area contributed by atoms with Crippen molar-refractivity contribution in [2.24, 2.45) is 0 Å². The van der Waals surface area contributed by atoms with Gasteiger partial charge in [-0.05, 0) is 26.8 Å². The molecule has 1 aromatic heterocycles. The summed E-state index contributed by atoms with van der Waals surface area (Å²) in [5.41, 5.74) is 1.94. The van der Waals surface area contributed by atoms with Crippen LogP contribution in [-0.4, -0.2) is 57.5 Å². The van der Waals surface area contributed by atoms with E-state index >= 15 is 0 Å². The predicted molar refractivity (Wildman–Crippen MR) is 79.6 cm³/mol. The Labute approximate surface area is 129 Å². The van der Waals surface area contributed by atoms with Crippen molar-refractivity contribution >= 4 is 11.9 Å². The first-order chi connectivity index (χ1) is 10.4. The Morgan fingerprint density at radius 1 is 1.50 bits per heavy atom. The van der Waals surface area contributed by atoms with Crippen molar-refractivity contribution < 1.29 is 19.4 Å². The second kappa shape index (κ2) is 6.91. The lowest BCUT2D eigenvalue weighted by Crippen LogP contribution is -2.49. The minimum Gasteiger partial charge on any atom is -0.481 e. The number of hydrogen-bond acceptors (Lipinski definition) is 4. The molecule has 0 unspecified atom stereocenters. The quantitative estimate of drug-likeness (QED) is 0.882. The number of aryl methyl sites for hydroxylation is 2. The lowest BCUT2D eigenvalue weighted by atomic mass is 10.1. The third-order valence-corrected chi connectivity index (χ3v) is 3.89. The molecular weight excluding hydrogens is 286 g/mol. The molecule has 2 rings (SSSR count). The highest BCUT2D eigenvalue weighted by molar-refractivity contribution is 5.78. The van der Waals surface area contributed by atoms with Gasteiger partial charge in [0.25, 0.3) is 0 Å². The highest BCUT2D eigenvalue weighted by Gasteiger charge is 2.30. The molecule has 1 N–H and O–H groups in total. The van der Waals surface area contributed by atoms with Crippen LogP contribution in [0.25, 0.3) is 0 Å². The molecule has 1 saturated heterocycles. The van der Waals surface area contributed by atoms with Crippen molar-refractivity contribution in [3.63, 3.8) is 0 Å². The SMILES string of the molecule is Cc1cc(C)n([C@@H](C)CC(=O)N2CCOC[C@@H]2CC(=O)O)n1. The van der Waals surface area contributed by atoms with Gasteiger partial charge in [-0.3, -0.25) is 14.3 Å². The van der Waals surface area contributed by atoms with Crippen LogP contribution in [0, 0.1) is 13.8 Å². The average molecular weight is 309 g/mol. The standard InChI is InChI=1S/C15H23N3O4/c1-10-6-11(2)18(16-10)12(3)7-14(19)17-4-5-22-9-13(17)8-15(20)21/h6,12-13H,4-5,7-9H2,1-3H3,(H,20,21)/t12-,13-/m0/s1. The van der Waals surface area contributed by atoms with E-state index in [9.17, 15) is 9.59 Å². The van der Waals surface area contributed by atoms with Gasteiger partial charge in [0.05, 0.1) is 37.4 Å². The summed E-state index contributed by atoms with van der Waals surface area (Å²) in [6.45, 7) is 7.01. The van der Waals surface area contributed by atoms with Crippen molar-refractivity contribution in [3.05, 3.63) is 17.5 Å². The van der Waals surface area contributed by atoms with Crippen LogP contribution in [0.3, 0.4) is 0 Å². The fourth-order valence-corrected chi connectivity index (χ4v) is 2.90. The zero-order valence-electron chi connectivity index (χ0n) is 13.3. The maximum atomic E-state index is 12.5. The van der Waals surface area contributed by atoms with Crippen LogP contribution in [0.15, 0.2) is 6.07 Å². The van der Waals surface area contributed by atoms with Gasteiger partial charge >= 0.3 is 5.97 Å².